The number of methoxy groups -OCH3 is 1. The monoisotopic (exact) mass is 317 g/mol. The molecule has 0 aliphatic rings. The van der Waals surface area contributed by atoms with Crippen LogP contribution in [0.5, 0.6) is 5.75 Å². The van der Waals surface area contributed by atoms with Crippen LogP contribution in [0.1, 0.15) is 5.69 Å². The molecule has 3 rings (SSSR count). The highest BCUT2D eigenvalue weighted by molar-refractivity contribution is 5.66. The summed E-state index contributed by atoms with van der Waals surface area (Å²) >= 11 is 0. The van der Waals surface area contributed by atoms with Gasteiger partial charge in [-0.1, -0.05) is 42.5 Å². The molecule has 23 heavy (non-hydrogen) atoms. The highest BCUT2D eigenvalue weighted by Crippen LogP contribution is 2.38. The van der Waals surface area contributed by atoms with Gasteiger partial charge in [0.1, 0.15) is 11.4 Å². The zero-order valence-corrected chi connectivity index (χ0v) is 12.3. The van der Waals surface area contributed by atoms with Gasteiger partial charge in [0, 0.05) is 0 Å². The number of para-hydroxylation sites is 2. The van der Waals surface area contributed by atoms with E-state index in [2.05, 4.69) is 0 Å². The fourth-order valence-corrected chi connectivity index (χ4v) is 2.57. The van der Waals surface area contributed by atoms with E-state index in [-0.39, 0.29) is 0 Å². The Bertz CT molecular complexity index is 807. The molecule has 5 heteroatoms. The smallest absolute Gasteiger partial charge is 0.431 e. The average molecular weight is 317 g/mol. The molecule has 0 aliphatic carbocycles. The van der Waals surface area contributed by atoms with E-state index in [1.165, 1.54) is 17.7 Å². The minimum Gasteiger partial charge on any atom is -0.495 e. The van der Waals surface area contributed by atoms with Crippen molar-refractivity contribution in [2.45, 2.75) is 6.18 Å². The van der Waals surface area contributed by atoms with E-state index in [0.29, 0.717) is 22.7 Å². The van der Waals surface area contributed by atoms with Gasteiger partial charge in [0.05, 0.1) is 18.5 Å². The fraction of sp³-hybridized carbons (Fsp3) is 0.111. The molecule has 0 saturated heterocycles. The van der Waals surface area contributed by atoms with Crippen molar-refractivity contribution in [1.29, 1.82) is 0 Å². The maximum atomic E-state index is 13.4. The first-order valence-electron chi connectivity index (χ1n) is 7.00. The standard InChI is InChI=1S/C18H14F3NO/c1-23-16-10-6-5-9-15(16)22-14(13-7-3-2-4-8-13)11-12-17(22)18(19,20)21/h2-12H,1H3. The van der Waals surface area contributed by atoms with Crippen molar-refractivity contribution in [2.24, 2.45) is 0 Å². The summed E-state index contributed by atoms with van der Waals surface area (Å²) in [6, 6.07) is 18.2. The number of hydrogen-bond donors (Lipinski definition) is 0. The van der Waals surface area contributed by atoms with Gasteiger partial charge in [0.2, 0.25) is 0 Å². The van der Waals surface area contributed by atoms with Crippen LogP contribution < -0.4 is 4.74 Å². The summed E-state index contributed by atoms with van der Waals surface area (Å²) in [5.41, 5.74) is 0.781. The Labute approximate surface area is 131 Å². The Hall–Kier alpha value is -2.69. The van der Waals surface area contributed by atoms with Crippen molar-refractivity contribution in [3.8, 4) is 22.7 Å². The number of nitrogens with zero attached hydrogens (tertiary/aromatic N) is 1. The van der Waals surface area contributed by atoms with Crippen LogP contribution in [0, 0.1) is 0 Å². The Kier molecular flexibility index (Phi) is 3.86. The molecule has 1 aromatic heterocycles. The van der Waals surface area contributed by atoms with Crippen LogP contribution in [0.3, 0.4) is 0 Å². The minimum absolute atomic E-state index is 0.353. The van der Waals surface area contributed by atoms with Gasteiger partial charge < -0.3 is 9.30 Å². The average Bonchev–Trinajstić information content (AvgIpc) is 3.00. The van der Waals surface area contributed by atoms with Gasteiger partial charge in [-0.15, -0.1) is 0 Å². The summed E-state index contributed by atoms with van der Waals surface area (Å²) in [7, 11) is 1.44. The van der Waals surface area contributed by atoms with Gasteiger partial charge in [0.15, 0.2) is 0 Å². The van der Waals surface area contributed by atoms with E-state index in [9.17, 15) is 13.2 Å². The van der Waals surface area contributed by atoms with E-state index in [1.807, 2.05) is 6.07 Å². The molecule has 0 radical (unpaired) electrons. The van der Waals surface area contributed by atoms with Crippen LogP contribution >= 0.6 is 0 Å². The van der Waals surface area contributed by atoms with E-state index >= 15 is 0 Å². The molecule has 2 nitrogen and oxygen atoms in total. The van der Waals surface area contributed by atoms with Crippen LogP contribution in [0.4, 0.5) is 13.2 Å². The number of benzene rings is 2. The Morgan fingerprint density at radius 1 is 0.826 bits per heavy atom. The number of rotatable bonds is 3. The topological polar surface area (TPSA) is 14.2 Å². The fourth-order valence-electron chi connectivity index (χ4n) is 2.57. The van der Waals surface area contributed by atoms with E-state index < -0.39 is 11.9 Å². The Morgan fingerprint density at radius 2 is 1.48 bits per heavy atom. The predicted molar refractivity (Wildman–Crippen MR) is 82.8 cm³/mol. The number of alkyl halides is 3. The third kappa shape index (κ3) is 2.82. The SMILES string of the molecule is COc1ccccc1-n1c(-c2ccccc2)ccc1C(F)(F)F. The molecule has 0 aliphatic heterocycles. The van der Waals surface area contributed by atoms with Crippen LogP contribution in [0.2, 0.25) is 0 Å². The first kappa shape index (κ1) is 15.2. The first-order valence-corrected chi connectivity index (χ1v) is 7.00. The third-order valence-corrected chi connectivity index (χ3v) is 3.57. The molecule has 0 fully saturated rings. The summed E-state index contributed by atoms with van der Waals surface area (Å²) in [6.45, 7) is 0. The molecule has 0 spiro atoms. The van der Waals surface area contributed by atoms with Crippen LogP contribution in [-0.2, 0) is 6.18 Å². The second-order valence-corrected chi connectivity index (χ2v) is 4.97. The largest absolute Gasteiger partial charge is 0.495 e. The lowest BCUT2D eigenvalue weighted by atomic mass is 10.1. The van der Waals surface area contributed by atoms with Gasteiger partial charge in [0.25, 0.3) is 0 Å². The minimum atomic E-state index is -4.46. The molecule has 0 atom stereocenters. The highest BCUT2D eigenvalue weighted by Gasteiger charge is 2.36. The summed E-state index contributed by atoms with van der Waals surface area (Å²) in [4.78, 5) is 0. The normalized spacial score (nSPS) is 11.5. The zero-order valence-electron chi connectivity index (χ0n) is 12.3. The van der Waals surface area contributed by atoms with Crippen LogP contribution in [0.15, 0.2) is 66.7 Å². The van der Waals surface area contributed by atoms with Gasteiger partial charge in [-0.05, 0) is 29.8 Å². The van der Waals surface area contributed by atoms with E-state index in [1.54, 1.807) is 48.5 Å². The highest BCUT2D eigenvalue weighted by atomic mass is 19.4. The van der Waals surface area contributed by atoms with Gasteiger partial charge in [-0.2, -0.15) is 13.2 Å². The molecule has 3 aromatic rings. The third-order valence-electron chi connectivity index (χ3n) is 3.57. The molecule has 118 valence electrons. The van der Waals surface area contributed by atoms with E-state index in [0.717, 1.165) is 6.07 Å². The zero-order chi connectivity index (χ0) is 16.4. The van der Waals surface area contributed by atoms with Crippen LogP contribution in [-0.4, -0.2) is 11.7 Å². The summed E-state index contributed by atoms with van der Waals surface area (Å²) in [5.74, 6) is 0.381. The number of halogens is 3. The van der Waals surface area contributed by atoms with Crippen LogP contribution in [0.25, 0.3) is 16.9 Å². The lowest BCUT2D eigenvalue weighted by Gasteiger charge is -2.18. The second kappa shape index (κ2) is 5.83. The first-order chi connectivity index (χ1) is 11.0. The summed E-state index contributed by atoms with van der Waals surface area (Å²) < 4.78 is 46.7. The van der Waals surface area contributed by atoms with Gasteiger partial charge in [-0.3, -0.25) is 0 Å². The van der Waals surface area contributed by atoms with Crippen molar-refractivity contribution in [2.75, 3.05) is 7.11 Å². The molecule has 2 aromatic carbocycles. The molecular weight excluding hydrogens is 303 g/mol. The number of aromatic nitrogens is 1. The Morgan fingerprint density at radius 3 is 2.13 bits per heavy atom. The van der Waals surface area contributed by atoms with E-state index in [4.69, 9.17) is 4.74 Å². The summed E-state index contributed by atoms with van der Waals surface area (Å²) in [5, 5.41) is 0. The van der Waals surface area contributed by atoms with Gasteiger partial charge in [-0.25, -0.2) is 0 Å². The Balaban J connectivity index is 2.30. The van der Waals surface area contributed by atoms with Crippen molar-refractivity contribution in [3.05, 3.63) is 72.4 Å². The molecule has 0 amide bonds. The van der Waals surface area contributed by atoms with Crippen molar-refractivity contribution in [1.82, 2.24) is 4.57 Å². The quantitative estimate of drug-likeness (QED) is 0.650. The molecule has 0 N–H and O–H groups in total. The van der Waals surface area contributed by atoms with Crippen molar-refractivity contribution in [3.63, 3.8) is 0 Å². The molecule has 0 bridgehead atoms. The maximum absolute atomic E-state index is 13.4. The molecule has 0 saturated carbocycles. The number of hydrogen-bond acceptors (Lipinski definition) is 1. The second-order valence-electron chi connectivity index (χ2n) is 4.97. The summed E-state index contributed by atoms with van der Waals surface area (Å²) in [6.07, 6.45) is -4.46. The predicted octanol–water partition coefficient (Wildman–Crippen LogP) is 5.17. The lowest BCUT2D eigenvalue weighted by molar-refractivity contribution is -0.142. The molecular formula is C18H14F3NO. The molecule has 1 heterocycles. The molecule has 0 unspecified atom stereocenters. The van der Waals surface area contributed by atoms with Crippen molar-refractivity contribution < 1.29 is 17.9 Å². The van der Waals surface area contributed by atoms with Crippen molar-refractivity contribution >= 4 is 0 Å². The maximum Gasteiger partial charge on any atom is 0.431 e. The lowest BCUT2D eigenvalue weighted by Crippen LogP contribution is -2.13. The van der Waals surface area contributed by atoms with Gasteiger partial charge >= 0.3 is 6.18 Å². The number of ether oxygens (including phenoxy) is 1.